The molecule has 1 unspecified atom stereocenters. The molecule has 0 spiro atoms. The lowest BCUT2D eigenvalue weighted by atomic mass is 10.1. The molecule has 0 radical (unpaired) electrons. The first-order chi connectivity index (χ1) is 10.2. The van der Waals surface area contributed by atoms with Gasteiger partial charge < -0.3 is 9.64 Å². The van der Waals surface area contributed by atoms with Gasteiger partial charge in [0.2, 0.25) is 0 Å². The van der Waals surface area contributed by atoms with Gasteiger partial charge in [-0.25, -0.2) is 19.9 Å². The van der Waals surface area contributed by atoms with Crippen LogP contribution in [0.3, 0.4) is 0 Å². The molecule has 21 heavy (non-hydrogen) atoms. The van der Waals surface area contributed by atoms with Gasteiger partial charge in [0.1, 0.15) is 18.2 Å². The molecule has 0 aromatic carbocycles. The highest BCUT2D eigenvalue weighted by atomic mass is 16.5. The zero-order chi connectivity index (χ0) is 14.7. The predicted octanol–water partition coefficient (Wildman–Crippen LogP) is 1.93. The summed E-state index contributed by atoms with van der Waals surface area (Å²) < 4.78 is 5.88. The number of nitrogens with zero attached hydrogens (tertiary/aromatic N) is 5. The summed E-state index contributed by atoms with van der Waals surface area (Å²) >= 11 is 0. The minimum Gasteiger partial charge on any atom is -0.458 e. The fourth-order valence-corrected chi connectivity index (χ4v) is 2.45. The van der Waals surface area contributed by atoms with Crippen molar-refractivity contribution in [2.75, 3.05) is 18.0 Å². The van der Waals surface area contributed by atoms with Crippen molar-refractivity contribution in [3.05, 3.63) is 36.0 Å². The molecule has 0 bridgehead atoms. The van der Waals surface area contributed by atoms with Gasteiger partial charge in [0.05, 0.1) is 6.54 Å². The van der Waals surface area contributed by atoms with E-state index in [1.54, 1.807) is 18.7 Å². The van der Waals surface area contributed by atoms with E-state index in [0.717, 1.165) is 43.0 Å². The molecule has 110 valence electrons. The molecule has 1 aliphatic heterocycles. The number of hydrogen-bond acceptors (Lipinski definition) is 6. The van der Waals surface area contributed by atoms with Crippen molar-refractivity contribution in [2.45, 2.75) is 32.8 Å². The number of rotatable bonds is 3. The van der Waals surface area contributed by atoms with Crippen LogP contribution in [0.5, 0.6) is 6.01 Å². The molecule has 6 nitrogen and oxygen atoms in total. The van der Waals surface area contributed by atoms with Crippen LogP contribution in [0.4, 0.5) is 5.82 Å². The van der Waals surface area contributed by atoms with Crippen molar-refractivity contribution in [1.29, 1.82) is 0 Å². The normalized spacial score (nSPS) is 18.6. The molecule has 1 aliphatic rings. The monoisotopic (exact) mass is 285 g/mol. The van der Waals surface area contributed by atoms with E-state index in [2.05, 4.69) is 24.8 Å². The first kappa shape index (κ1) is 13.7. The highest BCUT2D eigenvalue weighted by Gasteiger charge is 2.23. The van der Waals surface area contributed by atoms with Crippen LogP contribution < -0.4 is 9.64 Å². The van der Waals surface area contributed by atoms with E-state index >= 15 is 0 Å². The van der Waals surface area contributed by atoms with Crippen LogP contribution in [0.15, 0.2) is 24.8 Å². The Morgan fingerprint density at radius 2 is 1.95 bits per heavy atom. The Kier molecular flexibility index (Phi) is 3.94. The third kappa shape index (κ3) is 3.45. The van der Waals surface area contributed by atoms with Crippen molar-refractivity contribution in [2.24, 2.45) is 0 Å². The largest absolute Gasteiger partial charge is 0.458 e. The third-order valence-electron chi connectivity index (χ3n) is 3.52. The molecule has 1 atom stereocenters. The Morgan fingerprint density at radius 1 is 1.14 bits per heavy atom. The standard InChI is InChI=1S/C15H19N5O/c1-11-7-16-15(17-8-11)21-13-4-3-5-20(9-13)14-6-12(2)18-10-19-14/h6-8,10,13H,3-5,9H2,1-2H3. The Balaban J connectivity index is 1.67. The molecule has 0 aliphatic carbocycles. The van der Waals surface area contributed by atoms with Gasteiger partial charge in [0.25, 0.3) is 0 Å². The number of piperidine rings is 1. The topological polar surface area (TPSA) is 64.0 Å². The van der Waals surface area contributed by atoms with E-state index < -0.39 is 0 Å². The summed E-state index contributed by atoms with van der Waals surface area (Å²) in [5.74, 6) is 0.959. The van der Waals surface area contributed by atoms with E-state index in [1.165, 1.54) is 0 Å². The Bertz CT molecular complexity index is 601. The molecule has 1 fully saturated rings. The smallest absolute Gasteiger partial charge is 0.316 e. The number of ether oxygens (including phenoxy) is 1. The third-order valence-corrected chi connectivity index (χ3v) is 3.52. The second-order valence-electron chi connectivity index (χ2n) is 5.39. The Morgan fingerprint density at radius 3 is 2.71 bits per heavy atom. The lowest BCUT2D eigenvalue weighted by Gasteiger charge is -2.33. The zero-order valence-electron chi connectivity index (χ0n) is 12.4. The summed E-state index contributed by atoms with van der Waals surface area (Å²) in [4.78, 5) is 19.1. The average Bonchev–Trinajstić information content (AvgIpc) is 2.50. The summed E-state index contributed by atoms with van der Waals surface area (Å²) in [6.07, 6.45) is 7.33. The van der Waals surface area contributed by atoms with Crippen molar-refractivity contribution in [3.63, 3.8) is 0 Å². The van der Waals surface area contributed by atoms with E-state index in [-0.39, 0.29) is 6.10 Å². The zero-order valence-corrected chi connectivity index (χ0v) is 12.4. The number of anilines is 1. The lowest BCUT2D eigenvalue weighted by Crippen LogP contribution is -2.41. The summed E-state index contributed by atoms with van der Waals surface area (Å²) in [6.45, 7) is 5.73. The number of aryl methyl sites for hydroxylation is 2. The molecule has 0 saturated carbocycles. The fourth-order valence-electron chi connectivity index (χ4n) is 2.45. The Labute approximate surface area is 124 Å². The SMILES string of the molecule is Cc1cnc(OC2CCCN(c3cc(C)ncn3)C2)nc1. The van der Waals surface area contributed by atoms with Gasteiger partial charge in [0.15, 0.2) is 0 Å². The molecular weight excluding hydrogens is 266 g/mol. The summed E-state index contributed by atoms with van der Waals surface area (Å²) in [7, 11) is 0. The quantitative estimate of drug-likeness (QED) is 0.858. The van der Waals surface area contributed by atoms with Gasteiger partial charge in [-0.15, -0.1) is 0 Å². The van der Waals surface area contributed by atoms with E-state index in [4.69, 9.17) is 4.74 Å². The first-order valence-electron chi connectivity index (χ1n) is 7.19. The van der Waals surface area contributed by atoms with E-state index in [0.29, 0.717) is 6.01 Å². The number of aromatic nitrogens is 4. The van der Waals surface area contributed by atoms with E-state index in [9.17, 15) is 0 Å². The highest BCUT2D eigenvalue weighted by molar-refractivity contribution is 5.39. The molecule has 2 aromatic heterocycles. The molecule has 6 heteroatoms. The van der Waals surface area contributed by atoms with Crippen molar-refractivity contribution >= 4 is 5.82 Å². The molecule has 3 heterocycles. The minimum atomic E-state index is 0.0942. The van der Waals surface area contributed by atoms with Crippen molar-refractivity contribution in [3.8, 4) is 6.01 Å². The fraction of sp³-hybridized carbons (Fsp3) is 0.467. The van der Waals surface area contributed by atoms with Crippen LogP contribution in [0.25, 0.3) is 0 Å². The lowest BCUT2D eigenvalue weighted by molar-refractivity contribution is 0.164. The van der Waals surface area contributed by atoms with Gasteiger partial charge in [0, 0.05) is 30.7 Å². The van der Waals surface area contributed by atoms with Crippen LogP contribution in [0, 0.1) is 13.8 Å². The molecule has 0 N–H and O–H groups in total. The average molecular weight is 285 g/mol. The van der Waals surface area contributed by atoms with Gasteiger partial charge >= 0.3 is 6.01 Å². The maximum atomic E-state index is 5.88. The molecular formula is C15H19N5O. The van der Waals surface area contributed by atoms with Gasteiger partial charge in [-0.2, -0.15) is 0 Å². The molecule has 0 amide bonds. The van der Waals surface area contributed by atoms with Gasteiger partial charge in [-0.3, -0.25) is 0 Å². The predicted molar refractivity (Wildman–Crippen MR) is 79.4 cm³/mol. The van der Waals surface area contributed by atoms with Crippen molar-refractivity contribution in [1.82, 2.24) is 19.9 Å². The maximum absolute atomic E-state index is 5.88. The first-order valence-corrected chi connectivity index (χ1v) is 7.19. The second-order valence-corrected chi connectivity index (χ2v) is 5.39. The van der Waals surface area contributed by atoms with Gasteiger partial charge in [-0.1, -0.05) is 0 Å². The minimum absolute atomic E-state index is 0.0942. The van der Waals surface area contributed by atoms with Crippen LogP contribution >= 0.6 is 0 Å². The number of hydrogen-bond donors (Lipinski definition) is 0. The maximum Gasteiger partial charge on any atom is 0.316 e. The highest BCUT2D eigenvalue weighted by Crippen LogP contribution is 2.20. The molecule has 2 aromatic rings. The molecule has 1 saturated heterocycles. The summed E-state index contributed by atoms with van der Waals surface area (Å²) in [5.41, 5.74) is 2.01. The van der Waals surface area contributed by atoms with Crippen LogP contribution in [-0.4, -0.2) is 39.1 Å². The summed E-state index contributed by atoms with van der Waals surface area (Å²) in [6, 6.07) is 2.46. The Hall–Kier alpha value is -2.24. The van der Waals surface area contributed by atoms with Gasteiger partial charge in [-0.05, 0) is 32.3 Å². The van der Waals surface area contributed by atoms with Crippen LogP contribution in [-0.2, 0) is 0 Å². The second kappa shape index (κ2) is 6.03. The van der Waals surface area contributed by atoms with E-state index in [1.807, 2.05) is 19.9 Å². The van der Waals surface area contributed by atoms with Crippen LogP contribution in [0.1, 0.15) is 24.1 Å². The van der Waals surface area contributed by atoms with Crippen LogP contribution in [0.2, 0.25) is 0 Å². The van der Waals surface area contributed by atoms with Crippen molar-refractivity contribution < 1.29 is 4.74 Å². The summed E-state index contributed by atoms with van der Waals surface area (Å²) in [5, 5.41) is 0. The molecule has 3 rings (SSSR count).